The summed E-state index contributed by atoms with van der Waals surface area (Å²) in [4.78, 5) is 0. The van der Waals surface area contributed by atoms with Crippen LogP contribution in [0.2, 0.25) is 0 Å². The smallest absolute Gasteiger partial charge is 0.0991 e. The van der Waals surface area contributed by atoms with Gasteiger partial charge in [0.15, 0.2) is 0 Å². The Morgan fingerprint density at radius 3 is 2.58 bits per heavy atom. The quantitative estimate of drug-likeness (QED) is 0.737. The molecule has 12 heavy (non-hydrogen) atoms. The summed E-state index contributed by atoms with van der Waals surface area (Å²) in [6.07, 6.45) is 0. The molecule has 0 aliphatic rings. The van der Waals surface area contributed by atoms with Gasteiger partial charge < -0.3 is 5.32 Å². The molecule has 64 valence electrons. The van der Waals surface area contributed by atoms with E-state index in [0.29, 0.717) is 0 Å². The second-order valence-electron chi connectivity index (χ2n) is 2.59. The molecule has 0 bridgehead atoms. The highest BCUT2D eigenvalue weighted by molar-refractivity contribution is 5.31. The van der Waals surface area contributed by atoms with Crippen LogP contribution in [0.25, 0.3) is 0 Å². The predicted octanol–water partition coefficient (Wildman–Crippen LogP) is 1.91. The first kappa shape index (κ1) is 8.76. The van der Waals surface area contributed by atoms with E-state index < -0.39 is 0 Å². The highest BCUT2D eigenvalue weighted by atomic mass is 14.8. The van der Waals surface area contributed by atoms with Crippen molar-refractivity contribution in [1.29, 1.82) is 5.26 Å². The van der Waals surface area contributed by atoms with Crippen molar-refractivity contribution >= 4 is 0 Å². The number of hydrogen-bond donors (Lipinski definition) is 1. The fourth-order valence-corrected chi connectivity index (χ4v) is 0.966. The second kappa shape index (κ2) is 4.53. The lowest BCUT2D eigenvalue weighted by Crippen LogP contribution is -2.11. The second-order valence-corrected chi connectivity index (χ2v) is 2.59. The number of hydrogen-bond acceptors (Lipinski definition) is 2. The Hall–Kier alpha value is -1.33. The Kier molecular flexibility index (Phi) is 3.31. The molecule has 0 amide bonds. The number of benzene rings is 1. The summed E-state index contributed by atoms with van der Waals surface area (Å²) < 4.78 is 0. The van der Waals surface area contributed by atoms with E-state index in [9.17, 15) is 0 Å². The summed E-state index contributed by atoms with van der Waals surface area (Å²) >= 11 is 0. The van der Waals surface area contributed by atoms with Crippen LogP contribution in [0.3, 0.4) is 0 Å². The molecule has 2 nitrogen and oxygen atoms in total. The number of nitrogens with one attached hydrogen (secondary N) is 1. The molecular formula is C10H14N2. The van der Waals surface area contributed by atoms with Gasteiger partial charge >= 0.3 is 0 Å². The predicted molar refractivity (Wildman–Crippen MR) is 50.7 cm³/mol. The van der Waals surface area contributed by atoms with E-state index in [0.717, 1.165) is 18.7 Å². The van der Waals surface area contributed by atoms with Gasteiger partial charge in [-0.15, -0.1) is 0 Å². The standard InChI is InChI=1S/C10H12N2.H2/c1-2-12-8-10-5-3-9(7-11)4-6-10;/h3-6,12H,2,8H2,1H3;1H. The molecule has 0 unspecified atom stereocenters. The van der Waals surface area contributed by atoms with Crippen LogP contribution in [0.1, 0.15) is 19.5 Å². The lowest BCUT2D eigenvalue weighted by atomic mass is 10.1. The zero-order chi connectivity index (χ0) is 8.81. The Bertz CT molecular complexity index is 274. The normalized spacial score (nSPS) is 9.33. The lowest BCUT2D eigenvalue weighted by molar-refractivity contribution is 0.727. The Balaban J connectivity index is 0.00000144. The number of nitrogens with zero attached hydrogens (tertiary/aromatic N) is 1. The highest BCUT2D eigenvalue weighted by Crippen LogP contribution is 2.02. The van der Waals surface area contributed by atoms with Crippen molar-refractivity contribution in [2.24, 2.45) is 0 Å². The fourth-order valence-electron chi connectivity index (χ4n) is 0.966. The van der Waals surface area contributed by atoms with E-state index in [4.69, 9.17) is 5.26 Å². The van der Waals surface area contributed by atoms with E-state index in [2.05, 4.69) is 18.3 Å². The van der Waals surface area contributed by atoms with E-state index in [1.54, 1.807) is 0 Å². The topological polar surface area (TPSA) is 35.8 Å². The third-order valence-corrected chi connectivity index (χ3v) is 1.66. The third-order valence-electron chi connectivity index (χ3n) is 1.66. The third kappa shape index (κ3) is 2.37. The summed E-state index contributed by atoms with van der Waals surface area (Å²) in [7, 11) is 0. The average molecular weight is 162 g/mol. The first-order valence-electron chi connectivity index (χ1n) is 4.06. The minimum absolute atomic E-state index is 0. The molecule has 1 rings (SSSR count). The van der Waals surface area contributed by atoms with Gasteiger partial charge in [-0.1, -0.05) is 19.1 Å². The van der Waals surface area contributed by atoms with E-state index in [1.165, 1.54) is 5.56 Å². The van der Waals surface area contributed by atoms with Crippen molar-refractivity contribution in [3.05, 3.63) is 35.4 Å². The van der Waals surface area contributed by atoms with Crippen LogP contribution < -0.4 is 5.32 Å². The van der Waals surface area contributed by atoms with Crippen LogP contribution in [0.4, 0.5) is 0 Å². The Labute approximate surface area is 74.3 Å². The molecule has 0 saturated carbocycles. The Morgan fingerprint density at radius 1 is 1.42 bits per heavy atom. The fraction of sp³-hybridized carbons (Fsp3) is 0.300. The molecular weight excluding hydrogens is 148 g/mol. The molecule has 0 heterocycles. The van der Waals surface area contributed by atoms with Crippen LogP contribution in [0, 0.1) is 11.3 Å². The molecule has 2 heteroatoms. The monoisotopic (exact) mass is 162 g/mol. The lowest BCUT2D eigenvalue weighted by Gasteiger charge is -2.00. The maximum atomic E-state index is 8.54. The summed E-state index contributed by atoms with van der Waals surface area (Å²) in [6, 6.07) is 9.72. The zero-order valence-corrected chi connectivity index (χ0v) is 7.17. The van der Waals surface area contributed by atoms with E-state index in [-0.39, 0.29) is 1.43 Å². The number of nitriles is 1. The van der Waals surface area contributed by atoms with Gasteiger partial charge in [-0.3, -0.25) is 0 Å². The largest absolute Gasteiger partial charge is 0.313 e. The van der Waals surface area contributed by atoms with E-state index in [1.807, 2.05) is 24.3 Å². The maximum Gasteiger partial charge on any atom is 0.0991 e. The van der Waals surface area contributed by atoms with Gasteiger partial charge in [-0.25, -0.2) is 0 Å². The van der Waals surface area contributed by atoms with Crippen molar-refractivity contribution in [3.8, 4) is 6.07 Å². The molecule has 0 atom stereocenters. The molecule has 1 aromatic rings. The van der Waals surface area contributed by atoms with Crippen molar-refractivity contribution in [2.75, 3.05) is 6.54 Å². The summed E-state index contributed by atoms with van der Waals surface area (Å²) in [6.45, 7) is 3.92. The van der Waals surface area contributed by atoms with Crippen LogP contribution >= 0.6 is 0 Å². The average Bonchev–Trinajstić information content (AvgIpc) is 2.15. The minimum atomic E-state index is 0. The van der Waals surface area contributed by atoms with Gasteiger partial charge in [-0.2, -0.15) is 5.26 Å². The van der Waals surface area contributed by atoms with Crippen LogP contribution in [-0.2, 0) is 6.54 Å². The summed E-state index contributed by atoms with van der Waals surface area (Å²) in [5, 5.41) is 11.8. The van der Waals surface area contributed by atoms with Gasteiger partial charge in [0.2, 0.25) is 0 Å². The van der Waals surface area contributed by atoms with Gasteiger partial charge in [0.1, 0.15) is 0 Å². The molecule has 1 N–H and O–H groups in total. The van der Waals surface area contributed by atoms with Crippen molar-refractivity contribution in [3.63, 3.8) is 0 Å². The van der Waals surface area contributed by atoms with Gasteiger partial charge in [0.05, 0.1) is 11.6 Å². The van der Waals surface area contributed by atoms with Crippen molar-refractivity contribution < 1.29 is 1.43 Å². The molecule has 0 saturated heterocycles. The first-order valence-corrected chi connectivity index (χ1v) is 4.06. The molecule has 0 radical (unpaired) electrons. The van der Waals surface area contributed by atoms with E-state index >= 15 is 0 Å². The molecule has 0 aliphatic carbocycles. The summed E-state index contributed by atoms with van der Waals surface area (Å²) in [5.41, 5.74) is 1.94. The maximum absolute atomic E-state index is 8.54. The van der Waals surface area contributed by atoms with Crippen molar-refractivity contribution in [2.45, 2.75) is 13.5 Å². The summed E-state index contributed by atoms with van der Waals surface area (Å²) in [5.74, 6) is 0. The molecule has 0 aromatic heterocycles. The highest BCUT2D eigenvalue weighted by Gasteiger charge is 1.91. The molecule has 0 aliphatic heterocycles. The SMILES string of the molecule is CCNCc1ccc(C#N)cc1.[HH]. The van der Waals surface area contributed by atoms with Crippen molar-refractivity contribution in [1.82, 2.24) is 5.32 Å². The first-order chi connectivity index (χ1) is 5.86. The van der Waals surface area contributed by atoms with Crippen LogP contribution in [0.5, 0.6) is 0 Å². The van der Waals surface area contributed by atoms with Gasteiger partial charge in [0, 0.05) is 7.97 Å². The molecule has 0 spiro atoms. The van der Waals surface area contributed by atoms with Gasteiger partial charge in [-0.05, 0) is 24.2 Å². The number of rotatable bonds is 3. The molecule has 1 aromatic carbocycles. The minimum Gasteiger partial charge on any atom is -0.313 e. The van der Waals surface area contributed by atoms with Gasteiger partial charge in [0.25, 0.3) is 0 Å². The molecule has 0 fully saturated rings. The Morgan fingerprint density at radius 2 is 2.08 bits per heavy atom. The van der Waals surface area contributed by atoms with Crippen LogP contribution in [0.15, 0.2) is 24.3 Å². The zero-order valence-electron chi connectivity index (χ0n) is 7.17. The van der Waals surface area contributed by atoms with Crippen LogP contribution in [-0.4, -0.2) is 6.54 Å².